The molecule has 1 aliphatic carbocycles. The topological polar surface area (TPSA) is 51.5 Å². The normalized spacial score (nSPS) is 15.6. The average Bonchev–Trinajstić information content (AvgIpc) is 2.95. The van der Waals surface area contributed by atoms with Crippen molar-refractivity contribution in [2.45, 2.75) is 52.0 Å². The Bertz CT molecular complexity index is 980. The van der Waals surface area contributed by atoms with E-state index in [1.54, 1.807) is 6.07 Å². The van der Waals surface area contributed by atoms with Gasteiger partial charge in [0.25, 0.3) is 0 Å². The first-order valence-electron chi connectivity index (χ1n) is 9.55. The van der Waals surface area contributed by atoms with Crippen molar-refractivity contribution in [2.75, 3.05) is 6.61 Å². The van der Waals surface area contributed by atoms with Crippen molar-refractivity contribution < 1.29 is 14.6 Å². The van der Waals surface area contributed by atoms with E-state index in [2.05, 4.69) is 4.57 Å². The second kappa shape index (κ2) is 6.67. The predicted octanol–water partition coefficient (Wildman–Crippen LogP) is 5.49. The lowest BCUT2D eigenvalue weighted by Gasteiger charge is -2.26. The molecule has 4 nitrogen and oxygen atoms in total. The number of carbonyl (C=O) groups excluding carboxylic acids is 1. The molecule has 0 aliphatic heterocycles. The number of benzene rings is 2. The van der Waals surface area contributed by atoms with Crippen LogP contribution in [0.15, 0.2) is 30.3 Å². The van der Waals surface area contributed by atoms with Gasteiger partial charge in [-0.1, -0.05) is 43.5 Å². The minimum atomic E-state index is -0.306. The van der Waals surface area contributed by atoms with Crippen molar-refractivity contribution in [2.24, 2.45) is 0 Å². The van der Waals surface area contributed by atoms with Gasteiger partial charge < -0.3 is 14.4 Å². The van der Waals surface area contributed by atoms with Crippen molar-refractivity contribution in [1.29, 1.82) is 0 Å². The van der Waals surface area contributed by atoms with E-state index in [-0.39, 0.29) is 11.7 Å². The standard InChI is InChI=1S/C22H25NO3/c1-3-26-22(25)20-14(2)23(15-9-5-4-6-10-15)21-17-12-8-7-11-16(17)19(24)13-18(20)21/h7-8,11-13,15,24H,3-6,9-10H2,1-2H3. The van der Waals surface area contributed by atoms with Crippen molar-refractivity contribution in [1.82, 2.24) is 4.57 Å². The van der Waals surface area contributed by atoms with Gasteiger partial charge in [0.15, 0.2) is 0 Å². The van der Waals surface area contributed by atoms with Gasteiger partial charge in [-0.3, -0.25) is 0 Å². The molecule has 0 saturated heterocycles. The first-order valence-corrected chi connectivity index (χ1v) is 9.55. The van der Waals surface area contributed by atoms with E-state index in [4.69, 9.17) is 4.74 Å². The Morgan fingerprint density at radius 2 is 1.85 bits per heavy atom. The number of hydrogen-bond acceptors (Lipinski definition) is 3. The number of rotatable bonds is 3. The molecule has 1 N–H and O–H groups in total. The number of esters is 1. The number of phenolic OH excluding ortho intramolecular Hbond substituents is 1. The van der Waals surface area contributed by atoms with Crippen LogP contribution in [0.5, 0.6) is 5.75 Å². The fourth-order valence-electron chi connectivity index (χ4n) is 4.53. The van der Waals surface area contributed by atoms with Crippen molar-refractivity contribution >= 4 is 27.6 Å². The number of ether oxygens (including phenoxy) is 1. The van der Waals surface area contributed by atoms with Gasteiger partial charge in [0.2, 0.25) is 0 Å². The molecule has 0 bridgehead atoms. The van der Waals surface area contributed by atoms with Gasteiger partial charge in [-0.05, 0) is 32.8 Å². The van der Waals surface area contributed by atoms with E-state index in [9.17, 15) is 9.90 Å². The molecule has 3 aromatic rings. The lowest BCUT2D eigenvalue weighted by molar-refractivity contribution is 0.0527. The second-order valence-electron chi connectivity index (χ2n) is 7.18. The fourth-order valence-corrected chi connectivity index (χ4v) is 4.53. The van der Waals surface area contributed by atoms with Gasteiger partial charge in [0.1, 0.15) is 5.75 Å². The Hall–Kier alpha value is -2.49. The molecule has 4 rings (SSSR count). The first kappa shape index (κ1) is 17.0. The highest BCUT2D eigenvalue weighted by Gasteiger charge is 2.27. The summed E-state index contributed by atoms with van der Waals surface area (Å²) in [6.07, 6.45) is 5.97. The third-order valence-electron chi connectivity index (χ3n) is 5.65. The number of nitrogens with zero attached hydrogens (tertiary/aromatic N) is 1. The maximum Gasteiger partial charge on any atom is 0.340 e. The van der Waals surface area contributed by atoms with Crippen LogP contribution in [0.2, 0.25) is 0 Å². The van der Waals surface area contributed by atoms with E-state index in [0.717, 1.165) is 40.2 Å². The number of aromatic hydroxyl groups is 1. The van der Waals surface area contributed by atoms with Crippen LogP contribution < -0.4 is 0 Å². The average molecular weight is 351 g/mol. The van der Waals surface area contributed by atoms with Gasteiger partial charge in [-0.15, -0.1) is 0 Å². The molecule has 4 heteroatoms. The highest BCUT2D eigenvalue weighted by molar-refractivity contribution is 6.16. The molecule has 0 radical (unpaired) electrons. The van der Waals surface area contributed by atoms with E-state index in [1.807, 2.05) is 38.1 Å². The summed E-state index contributed by atoms with van der Waals surface area (Å²) >= 11 is 0. The molecular weight excluding hydrogens is 326 g/mol. The van der Waals surface area contributed by atoms with E-state index >= 15 is 0 Å². The largest absolute Gasteiger partial charge is 0.507 e. The van der Waals surface area contributed by atoms with Crippen LogP contribution >= 0.6 is 0 Å². The molecule has 0 amide bonds. The number of aromatic nitrogens is 1. The van der Waals surface area contributed by atoms with Gasteiger partial charge in [-0.2, -0.15) is 0 Å². The summed E-state index contributed by atoms with van der Waals surface area (Å²) in [5.74, 6) is -0.0984. The third kappa shape index (κ3) is 2.56. The van der Waals surface area contributed by atoms with Crippen molar-refractivity contribution in [3.63, 3.8) is 0 Å². The fraction of sp³-hybridized carbons (Fsp3) is 0.409. The minimum Gasteiger partial charge on any atom is -0.507 e. The van der Waals surface area contributed by atoms with Gasteiger partial charge >= 0.3 is 5.97 Å². The maximum atomic E-state index is 12.7. The molecular formula is C22H25NO3. The summed E-state index contributed by atoms with van der Waals surface area (Å²) in [5, 5.41) is 13.2. The molecule has 1 aromatic heterocycles. The zero-order valence-corrected chi connectivity index (χ0v) is 15.4. The third-order valence-corrected chi connectivity index (χ3v) is 5.65. The zero-order chi connectivity index (χ0) is 18.3. The van der Waals surface area contributed by atoms with Gasteiger partial charge in [0.05, 0.1) is 17.7 Å². The van der Waals surface area contributed by atoms with Crippen LogP contribution in [0.4, 0.5) is 0 Å². The Kier molecular flexibility index (Phi) is 4.35. The molecule has 136 valence electrons. The molecule has 26 heavy (non-hydrogen) atoms. The molecule has 1 saturated carbocycles. The van der Waals surface area contributed by atoms with E-state index in [1.165, 1.54) is 19.3 Å². The Labute approximate surface area is 153 Å². The summed E-state index contributed by atoms with van der Waals surface area (Å²) in [5.41, 5.74) is 2.58. The van der Waals surface area contributed by atoms with Gasteiger partial charge in [0, 0.05) is 27.9 Å². The second-order valence-corrected chi connectivity index (χ2v) is 7.18. The molecule has 0 spiro atoms. The molecule has 2 aromatic carbocycles. The van der Waals surface area contributed by atoms with Crippen molar-refractivity contribution in [3.8, 4) is 5.75 Å². The highest BCUT2D eigenvalue weighted by Crippen LogP contribution is 2.41. The number of carbonyl (C=O) groups is 1. The molecule has 1 fully saturated rings. The van der Waals surface area contributed by atoms with Crippen LogP contribution in [-0.2, 0) is 4.74 Å². The number of phenols is 1. The molecule has 0 atom stereocenters. The zero-order valence-electron chi connectivity index (χ0n) is 15.4. The summed E-state index contributed by atoms with van der Waals surface area (Å²) in [6, 6.07) is 10.0. The summed E-state index contributed by atoms with van der Waals surface area (Å²) in [6.45, 7) is 4.17. The lowest BCUT2D eigenvalue weighted by Crippen LogP contribution is -2.15. The van der Waals surface area contributed by atoms with Crippen LogP contribution in [0.25, 0.3) is 21.7 Å². The quantitative estimate of drug-likeness (QED) is 0.635. The van der Waals surface area contributed by atoms with Crippen LogP contribution in [-0.4, -0.2) is 22.2 Å². The molecule has 1 heterocycles. The Morgan fingerprint density at radius 1 is 1.15 bits per heavy atom. The van der Waals surface area contributed by atoms with E-state index in [0.29, 0.717) is 18.2 Å². The predicted molar refractivity (Wildman–Crippen MR) is 104 cm³/mol. The number of hydrogen-bond donors (Lipinski definition) is 1. The summed E-state index contributed by atoms with van der Waals surface area (Å²) in [7, 11) is 0. The SMILES string of the molecule is CCOC(=O)c1c(C)n(C2CCCCC2)c2c1cc(O)c1ccccc12. The lowest BCUT2D eigenvalue weighted by atomic mass is 9.94. The first-order chi connectivity index (χ1) is 12.6. The van der Waals surface area contributed by atoms with Gasteiger partial charge in [-0.25, -0.2) is 4.79 Å². The summed E-state index contributed by atoms with van der Waals surface area (Å²) < 4.78 is 7.67. The molecule has 0 unspecified atom stereocenters. The Morgan fingerprint density at radius 3 is 2.54 bits per heavy atom. The summed E-state index contributed by atoms with van der Waals surface area (Å²) in [4.78, 5) is 12.7. The van der Waals surface area contributed by atoms with Crippen molar-refractivity contribution in [3.05, 3.63) is 41.6 Å². The van der Waals surface area contributed by atoms with Crippen LogP contribution in [0.1, 0.15) is 61.1 Å². The minimum absolute atomic E-state index is 0.208. The highest BCUT2D eigenvalue weighted by atomic mass is 16.5. The monoisotopic (exact) mass is 351 g/mol. The Balaban J connectivity index is 2.09. The maximum absolute atomic E-state index is 12.7. The van der Waals surface area contributed by atoms with E-state index < -0.39 is 0 Å². The molecule has 1 aliphatic rings. The van der Waals surface area contributed by atoms with Crippen LogP contribution in [0, 0.1) is 6.92 Å². The number of fused-ring (bicyclic) bond motifs is 3. The smallest absolute Gasteiger partial charge is 0.340 e. The van der Waals surface area contributed by atoms with Crippen LogP contribution in [0.3, 0.4) is 0 Å².